The molecule has 0 spiro atoms. The van der Waals surface area contributed by atoms with Crippen molar-refractivity contribution in [2.24, 2.45) is 0 Å². The van der Waals surface area contributed by atoms with Crippen molar-refractivity contribution in [3.05, 3.63) is 78.4 Å². The summed E-state index contributed by atoms with van der Waals surface area (Å²) < 4.78 is 0.704. The molecule has 110 valence electrons. The molecule has 2 heterocycles. The quantitative estimate of drug-likeness (QED) is 0.771. The molecule has 0 aliphatic carbocycles. The highest BCUT2D eigenvalue weighted by atomic mass is 16.1. The van der Waals surface area contributed by atoms with Crippen LogP contribution in [0, 0.1) is 0 Å². The topological polar surface area (TPSA) is 17.1 Å². The van der Waals surface area contributed by atoms with Crippen molar-refractivity contribution in [3.8, 4) is 0 Å². The second-order valence-corrected chi connectivity index (χ2v) is 6.50. The van der Waals surface area contributed by atoms with E-state index in [2.05, 4.69) is 67.7 Å². The molecule has 2 aliphatic heterocycles. The lowest BCUT2D eigenvalue weighted by atomic mass is 9.91. The number of likely N-dealkylation sites (N-methyl/N-ethyl adjacent to an activating group) is 1. The van der Waals surface area contributed by atoms with Crippen LogP contribution in [-0.2, 0) is 4.79 Å². The second-order valence-electron chi connectivity index (χ2n) is 6.50. The molecule has 1 fully saturated rings. The second kappa shape index (κ2) is 4.92. The zero-order valence-corrected chi connectivity index (χ0v) is 12.7. The van der Waals surface area contributed by atoms with Crippen molar-refractivity contribution < 1.29 is 4.79 Å². The maximum atomic E-state index is 12.5. The average molecular weight is 290 g/mol. The summed E-state index contributed by atoms with van der Waals surface area (Å²) in [6, 6.07) is 21.5. The largest absolute Gasteiger partial charge is 0.288 e. The summed E-state index contributed by atoms with van der Waals surface area (Å²) in [5.41, 5.74) is 2.57. The molecule has 2 aromatic rings. The molecule has 2 nitrogen and oxygen atoms in total. The Morgan fingerprint density at radius 3 is 2.27 bits per heavy atom. The van der Waals surface area contributed by atoms with Crippen LogP contribution in [0.1, 0.15) is 17.9 Å². The Bertz CT molecular complexity index is 722. The molecule has 2 aliphatic rings. The van der Waals surface area contributed by atoms with E-state index in [1.165, 1.54) is 11.3 Å². The van der Waals surface area contributed by atoms with Gasteiger partial charge in [0.15, 0.2) is 6.04 Å². The smallest absolute Gasteiger partial charge is 0.213 e. The van der Waals surface area contributed by atoms with Crippen LogP contribution >= 0.6 is 0 Å². The van der Waals surface area contributed by atoms with E-state index in [1.54, 1.807) is 6.08 Å². The predicted molar refractivity (Wildman–Crippen MR) is 89.7 cm³/mol. The summed E-state index contributed by atoms with van der Waals surface area (Å²) in [5, 5.41) is 0. The van der Waals surface area contributed by atoms with Crippen LogP contribution in [0.3, 0.4) is 0 Å². The first kappa shape index (κ1) is 13.5. The number of carbonyl (C=O) groups excluding carboxylic acids is 1. The van der Waals surface area contributed by atoms with Gasteiger partial charge in [-0.05, 0) is 29.8 Å². The number of rotatable bonds is 2. The molecule has 0 N–H and O–H groups in total. The fourth-order valence-electron chi connectivity index (χ4n) is 4.31. The van der Waals surface area contributed by atoms with Crippen molar-refractivity contribution >= 4 is 11.5 Å². The van der Waals surface area contributed by atoms with Crippen LogP contribution in [-0.4, -0.2) is 24.9 Å². The van der Waals surface area contributed by atoms with Crippen molar-refractivity contribution in [2.45, 2.75) is 24.4 Å². The Morgan fingerprint density at radius 1 is 0.955 bits per heavy atom. The van der Waals surface area contributed by atoms with Crippen LogP contribution < -0.4 is 4.48 Å². The fourth-order valence-corrected chi connectivity index (χ4v) is 4.31. The van der Waals surface area contributed by atoms with Gasteiger partial charge in [-0.3, -0.25) is 9.28 Å². The zero-order chi connectivity index (χ0) is 15.2. The lowest BCUT2D eigenvalue weighted by Gasteiger charge is -2.41. The number of nitrogens with zero attached hydrogens (tertiary/aromatic N) is 1. The molecule has 1 saturated heterocycles. The third-order valence-electron chi connectivity index (χ3n) is 5.48. The van der Waals surface area contributed by atoms with Gasteiger partial charge in [-0.1, -0.05) is 48.5 Å². The van der Waals surface area contributed by atoms with Gasteiger partial charge in [-0.25, -0.2) is 0 Å². The Hall–Kier alpha value is -2.19. The lowest BCUT2D eigenvalue weighted by molar-refractivity contribution is -0.118. The first-order valence-corrected chi connectivity index (χ1v) is 7.90. The Balaban J connectivity index is 1.84. The summed E-state index contributed by atoms with van der Waals surface area (Å²) in [7, 11) is 2.22. The van der Waals surface area contributed by atoms with Gasteiger partial charge in [0.1, 0.15) is 11.7 Å². The van der Waals surface area contributed by atoms with Crippen molar-refractivity contribution in [2.75, 3.05) is 7.05 Å². The number of quaternary nitrogens is 1. The summed E-state index contributed by atoms with van der Waals surface area (Å²) in [4.78, 5) is 12.5. The summed E-state index contributed by atoms with van der Waals surface area (Å²) in [6.07, 6.45) is 4.86. The van der Waals surface area contributed by atoms with Crippen LogP contribution in [0.25, 0.3) is 0 Å². The Kier molecular flexibility index (Phi) is 3.02. The molecule has 0 amide bonds. The first-order chi connectivity index (χ1) is 10.7. The van der Waals surface area contributed by atoms with Gasteiger partial charge in [0.05, 0.1) is 7.05 Å². The normalized spacial score (nSPS) is 33.1. The van der Waals surface area contributed by atoms with Crippen LogP contribution in [0.5, 0.6) is 0 Å². The van der Waals surface area contributed by atoms with E-state index in [1.807, 2.05) is 6.07 Å². The van der Waals surface area contributed by atoms with Crippen LogP contribution in [0.4, 0.5) is 5.69 Å². The third kappa shape index (κ3) is 1.80. The van der Waals surface area contributed by atoms with Gasteiger partial charge in [-0.2, -0.15) is 0 Å². The van der Waals surface area contributed by atoms with Crippen molar-refractivity contribution in [1.82, 2.24) is 4.48 Å². The van der Waals surface area contributed by atoms with Gasteiger partial charge < -0.3 is 0 Å². The number of hydrogen-bond donors (Lipinski definition) is 0. The average Bonchev–Trinajstić information content (AvgIpc) is 2.75. The molecule has 4 rings (SSSR count). The molecule has 0 radical (unpaired) electrons. The molecular weight excluding hydrogens is 270 g/mol. The van der Waals surface area contributed by atoms with E-state index >= 15 is 0 Å². The summed E-state index contributed by atoms with van der Waals surface area (Å²) >= 11 is 0. The zero-order valence-electron chi connectivity index (χ0n) is 12.7. The van der Waals surface area contributed by atoms with Gasteiger partial charge >= 0.3 is 0 Å². The minimum atomic E-state index is 0.0302. The van der Waals surface area contributed by atoms with Crippen LogP contribution in [0.2, 0.25) is 0 Å². The van der Waals surface area contributed by atoms with E-state index < -0.39 is 0 Å². The highest BCUT2D eigenvalue weighted by Gasteiger charge is 2.57. The number of hydrogen-bond acceptors (Lipinski definition) is 1. The summed E-state index contributed by atoms with van der Waals surface area (Å²) in [6.45, 7) is 0. The maximum absolute atomic E-state index is 12.5. The van der Waals surface area contributed by atoms with Gasteiger partial charge in [0.2, 0.25) is 5.78 Å². The predicted octanol–water partition coefficient (Wildman–Crippen LogP) is 3.69. The number of benzene rings is 2. The van der Waals surface area contributed by atoms with E-state index in [0.717, 1.165) is 6.42 Å². The highest BCUT2D eigenvalue weighted by Crippen LogP contribution is 2.48. The number of carbonyl (C=O) groups is 1. The molecule has 22 heavy (non-hydrogen) atoms. The number of para-hydroxylation sites is 1. The molecule has 0 aromatic heterocycles. The van der Waals surface area contributed by atoms with Crippen molar-refractivity contribution in [1.29, 1.82) is 0 Å². The molecule has 4 unspecified atom stereocenters. The number of ketones is 1. The number of fused-ring (bicyclic) bond motifs is 2. The van der Waals surface area contributed by atoms with Gasteiger partial charge in [0, 0.05) is 12.3 Å². The van der Waals surface area contributed by atoms with Crippen molar-refractivity contribution in [3.63, 3.8) is 0 Å². The standard InChI is InChI=1S/C20H20NO/c1-21(16-10-6-3-7-11-16)18-12-13-20(22)19(21)14-17(18)15-8-4-2-5-9-15/h2-13,17-19H,14H2,1H3/q+1. The Labute approximate surface area is 131 Å². The molecule has 4 atom stereocenters. The third-order valence-corrected chi connectivity index (χ3v) is 5.48. The monoisotopic (exact) mass is 290 g/mol. The molecular formula is C20H20NO+. The first-order valence-electron chi connectivity index (χ1n) is 7.90. The minimum Gasteiger partial charge on any atom is -0.288 e. The van der Waals surface area contributed by atoms with E-state index in [4.69, 9.17) is 0 Å². The molecule has 2 heteroatoms. The lowest BCUT2D eigenvalue weighted by Crippen LogP contribution is -2.59. The van der Waals surface area contributed by atoms with Crippen LogP contribution in [0.15, 0.2) is 72.8 Å². The fraction of sp³-hybridized carbons (Fsp3) is 0.250. The highest BCUT2D eigenvalue weighted by molar-refractivity contribution is 5.98. The summed E-state index contributed by atoms with van der Waals surface area (Å²) in [5.74, 6) is 0.667. The molecule has 2 aromatic carbocycles. The van der Waals surface area contributed by atoms with Gasteiger partial charge in [0.25, 0.3) is 0 Å². The minimum absolute atomic E-state index is 0.0302. The maximum Gasteiger partial charge on any atom is 0.213 e. The molecule has 0 saturated carbocycles. The SMILES string of the molecule is C[N+]1(c2ccccc2)C2CC(c3ccccc3)C1C=CC2=O. The Morgan fingerprint density at radius 2 is 1.59 bits per heavy atom. The van der Waals surface area contributed by atoms with E-state index in [0.29, 0.717) is 16.4 Å². The van der Waals surface area contributed by atoms with E-state index in [9.17, 15) is 4.79 Å². The van der Waals surface area contributed by atoms with E-state index in [-0.39, 0.29) is 11.8 Å². The van der Waals surface area contributed by atoms with Gasteiger partial charge in [-0.15, -0.1) is 0 Å². The molecule has 2 bridgehead atoms.